The smallest absolute Gasteiger partial charge is 0.244 e. The second-order valence-electron chi connectivity index (χ2n) is 6.05. The Bertz CT molecular complexity index is 764. The summed E-state index contributed by atoms with van der Waals surface area (Å²) >= 11 is 3.38. The number of halogens is 1. The number of benzene rings is 2. The van der Waals surface area contributed by atoms with E-state index in [1.54, 1.807) is 13.1 Å². The summed E-state index contributed by atoms with van der Waals surface area (Å²) in [5.41, 5.74) is 1.82. The van der Waals surface area contributed by atoms with Crippen molar-refractivity contribution in [3.63, 3.8) is 0 Å². The molecule has 0 aliphatic heterocycles. The van der Waals surface area contributed by atoms with Crippen molar-refractivity contribution >= 4 is 33.4 Å². The summed E-state index contributed by atoms with van der Waals surface area (Å²) in [6.07, 6.45) is 0.938. The fourth-order valence-electron chi connectivity index (χ4n) is 2.37. The van der Waals surface area contributed by atoms with E-state index in [9.17, 15) is 9.59 Å². The Morgan fingerprint density at radius 2 is 1.92 bits per heavy atom. The summed E-state index contributed by atoms with van der Waals surface area (Å²) in [4.78, 5) is 25.6. The second-order valence-corrected chi connectivity index (χ2v) is 6.90. The van der Waals surface area contributed by atoms with Gasteiger partial charge >= 0.3 is 0 Å². The fraction of sp³-hybridized carbons (Fsp3) is 0.300. The van der Waals surface area contributed by atoms with Crippen molar-refractivity contribution in [3.8, 4) is 5.75 Å². The Labute approximate surface area is 162 Å². The predicted octanol–water partition coefficient (Wildman–Crippen LogP) is 4.01. The molecule has 0 spiro atoms. The lowest BCUT2D eigenvalue weighted by Crippen LogP contribution is -2.35. The van der Waals surface area contributed by atoms with Crippen molar-refractivity contribution in [2.45, 2.75) is 19.8 Å². The third kappa shape index (κ3) is 6.52. The van der Waals surface area contributed by atoms with E-state index in [4.69, 9.17) is 4.74 Å². The van der Waals surface area contributed by atoms with Crippen molar-refractivity contribution in [1.29, 1.82) is 0 Å². The average Bonchev–Trinajstić information content (AvgIpc) is 2.60. The van der Waals surface area contributed by atoms with Crippen LogP contribution in [0.3, 0.4) is 0 Å². The van der Waals surface area contributed by atoms with Crippen LogP contribution in [0.2, 0.25) is 0 Å². The molecule has 0 saturated heterocycles. The number of amides is 2. The summed E-state index contributed by atoms with van der Waals surface area (Å²) in [6, 6.07) is 15.1. The molecule has 0 aromatic heterocycles. The lowest BCUT2D eigenvalue weighted by atomic mass is 10.2. The van der Waals surface area contributed by atoms with Crippen molar-refractivity contribution in [2.24, 2.45) is 0 Å². The summed E-state index contributed by atoms with van der Waals surface area (Å²) in [6.45, 7) is 2.48. The Hall–Kier alpha value is -2.34. The Kier molecular flexibility index (Phi) is 7.66. The molecule has 2 amide bonds. The lowest BCUT2D eigenvalue weighted by molar-refractivity contribution is -0.133. The quantitative estimate of drug-likeness (QED) is 0.658. The van der Waals surface area contributed by atoms with E-state index >= 15 is 0 Å². The van der Waals surface area contributed by atoms with Crippen LogP contribution in [0.15, 0.2) is 53.0 Å². The van der Waals surface area contributed by atoms with E-state index in [1.165, 1.54) is 4.90 Å². The molecule has 2 aromatic carbocycles. The molecular weight excluding hydrogens is 396 g/mol. The number of anilines is 1. The van der Waals surface area contributed by atoms with Crippen LogP contribution in [0.5, 0.6) is 5.75 Å². The highest BCUT2D eigenvalue weighted by Crippen LogP contribution is 2.21. The molecule has 0 atom stereocenters. The first-order chi connectivity index (χ1) is 12.5. The highest BCUT2D eigenvalue weighted by atomic mass is 79.9. The topological polar surface area (TPSA) is 58.6 Å². The number of rotatable bonds is 8. The number of ether oxygens (including phenoxy) is 1. The van der Waals surface area contributed by atoms with Crippen LogP contribution >= 0.6 is 15.9 Å². The summed E-state index contributed by atoms with van der Waals surface area (Å²) in [7, 11) is 1.63. The van der Waals surface area contributed by atoms with Gasteiger partial charge in [0.05, 0.1) is 18.8 Å². The molecule has 1 N–H and O–H groups in total. The van der Waals surface area contributed by atoms with Gasteiger partial charge in [0, 0.05) is 17.9 Å². The molecule has 0 saturated carbocycles. The molecule has 6 heteroatoms. The SMILES string of the molecule is Cc1cccc(OCCCC(=O)N(C)CC(=O)Nc2ccccc2Br)c1. The minimum absolute atomic E-state index is 0.0128. The Morgan fingerprint density at radius 1 is 1.15 bits per heavy atom. The minimum Gasteiger partial charge on any atom is -0.494 e. The zero-order chi connectivity index (χ0) is 18.9. The van der Waals surface area contributed by atoms with Gasteiger partial charge in [-0.3, -0.25) is 9.59 Å². The van der Waals surface area contributed by atoms with Crippen LogP contribution < -0.4 is 10.1 Å². The highest BCUT2D eigenvalue weighted by Gasteiger charge is 2.13. The third-order valence-corrected chi connectivity index (χ3v) is 4.44. The number of likely N-dealkylation sites (N-methyl/N-ethyl adjacent to an activating group) is 1. The first-order valence-corrected chi connectivity index (χ1v) is 9.23. The zero-order valence-corrected chi connectivity index (χ0v) is 16.6. The number of hydrogen-bond acceptors (Lipinski definition) is 3. The van der Waals surface area contributed by atoms with Crippen molar-refractivity contribution < 1.29 is 14.3 Å². The number of aryl methyl sites for hydroxylation is 1. The predicted molar refractivity (Wildman–Crippen MR) is 106 cm³/mol. The molecular formula is C20H23BrN2O3. The van der Waals surface area contributed by atoms with Gasteiger partial charge in [-0.2, -0.15) is 0 Å². The minimum atomic E-state index is -0.233. The molecule has 2 aromatic rings. The monoisotopic (exact) mass is 418 g/mol. The van der Waals surface area contributed by atoms with Crippen molar-refractivity contribution in [3.05, 3.63) is 58.6 Å². The number of hydrogen-bond donors (Lipinski definition) is 1. The molecule has 0 aliphatic carbocycles. The number of carbonyl (C=O) groups excluding carboxylic acids is 2. The van der Waals surface area contributed by atoms with Crippen LogP contribution in [0.25, 0.3) is 0 Å². The molecule has 0 bridgehead atoms. The first-order valence-electron chi connectivity index (χ1n) is 8.43. The number of nitrogens with one attached hydrogen (secondary N) is 1. The summed E-state index contributed by atoms with van der Waals surface area (Å²) in [5.74, 6) is 0.488. The Balaban J connectivity index is 1.70. The number of para-hydroxylation sites is 1. The maximum Gasteiger partial charge on any atom is 0.244 e. The lowest BCUT2D eigenvalue weighted by Gasteiger charge is -2.17. The molecule has 2 rings (SSSR count). The largest absolute Gasteiger partial charge is 0.494 e. The van der Waals surface area contributed by atoms with Gasteiger partial charge in [-0.1, -0.05) is 24.3 Å². The first kappa shape index (κ1) is 20.0. The molecule has 5 nitrogen and oxygen atoms in total. The van der Waals surface area contributed by atoms with Crippen molar-refractivity contribution in [2.75, 3.05) is 25.5 Å². The number of nitrogens with zero attached hydrogens (tertiary/aromatic N) is 1. The van der Waals surface area contributed by atoms with Crippen molar-refractivity contribution in [1.82, 2.24) is 4.90 Å². The van der Waals surface area contributed by atoms with Gasteiger partial charge in [0.1, 0.15) is 5.75 Å². The van der Waals surface area contributed by atoms with Gasteiger partial charge in [0.25, 0.3) is 0 Å². The van der Waals surface area contributed by atoms with Gasteiger partial charge in [-0.05, 0) is 59.1 Å². The van der Waals surface area contributed by atoms with E-state index in [0.29, 0.717) is 25.1 Å². The maximum absolute atomic E-state index is 12.1. The van der Waals surface area contributed by atoms with Gasteiger partial charge in [0.2, 0.25) is 11.8 Å². The van der Waals surface area contributed by atoms with Crippen LogP contribution in [0.4, 0.5) is 5.69 Å². The van der Waals surface area contributed by atoms with Crippen LogP contribution in [0, 0.1) is 6.92 Å². The van der Waals surface area contributed by atoms with Gasteiger partial charge in [0.15, 0.2) is 0 Å². The number of carbonyl (C=O) groups is 2. The van der Waals surface area contributed by atoms with Gasteiger partial charge in [-0.15, -0.1) is 0 Å². The maximum atomic E-state index is 12.1. The Morgan fingerprint density at radius 3 is 2.65 bits per heavy atom. The second kappa shape index (κ2) is 9.97. The summed E-state index contributed by atoms with van der Waals surface area (Å²) in [5, 5.41) is 2.79. The van der Waals surface area contributed by atoms with E-state index in [1.807, 2.05) is 49.4 Å². The zero-order valence-electron chi connectivity index (χ0n) is 15.0. The van der Waals surface area contributed by atoms with Crippen LogP contribution in [-0.2, 0) is 9.59 Å². The summed E-state index contributed by atoms with van der Waals surface area (Å²) < 4.78 is 6.44. The van der Waals surface area contributed by atoms with Gasteiger partial charge in [-0.25, -0.2) is 0 Å². The third-order valence-electron chi connectivity index (χ3n) is 3.75. The molecule has 0 radical (unpaired) electrons. The molecule has 26 heavy (non-hydrogen) atoms. The molecule has 0 heterocycles. The fourth-order valence-corrected chi connectivity index (χ4v) is 2.75. The van der Waals surface area contributed by atoms with E-state index in [2.05, 4.69) is 21.2 Å². The average molecular weight is 419 g/mol. The van der Waals surface area contributed by atoms with Gasteiger partial charge < -0.3 is 15.0 Å². The molecule has 138 valence electrons. The van der Waals surface area contributed by atoms with E-state index in [0.717, 1.165) is 15.8 Å². The van der Waals surface area contributed by atoms with Crippen LogP contribution in [-0.4, -0.2) is 36.9 Å². The molecule has 0 aliphatic rings. The standard InChI is InChI=1S/C20H23BrN2O3/c1-15-7-5-8-16(13-15)26-12-6-11-20(25)23(2)14-19(24)22-18-10-4-3-9-17(18)21/h3-5,7-10,13H,6,11-12,14H2,1-2H3,(H,22,24). The normalized spacial score (nSPS) is 10.3. The van der Waals surface area contributed by atoms with Crippen LogP contribution in [0.1, 0.15) is 18.4 Å². The van der Waals surface area contributed by atoms with E-state index in [-0.39, 0.29) is 18.4 Å². The van der Waals surface area contributed by atoms with E-state index < -0.39 is 0 Å². The molecule has 0 unspecified atom stereocenters. The highest BCUT2D eigenvalue weighted by molar-refractivity contribution is 9.10. The molecule has 0 fully saturated rings.